The Bertz CT molecular complexity index is 1650. The molecule has 0 spiro atoms. The van der Waals surface area contributed by atoms with Gasteiger partial charge in [0.1, 0.15) is 5.82 Å². The number of nitrogens with one attached hydrogen (secondary N) is 1. The van der Waals surface area contributed by atoms with Gasteiger partial charge in [-0.1, -0.05) is 12.1 Å². The molecule has 1 N–H and O–H groups in total. The van der Waals surface area contributed by atoms with Crippen LogP contribution in [-0.4, -0.2) is 73.0 Å². The van der Waals surface area contributed by atoms with Crippen molar-refractivity contribution in [2.75, 3.05) is 37.4 Å². The predicted molar refractivity (Wildman–Crippen MR) is 155 cm³/mol. The monoisotopic (exact) mass is 560 g/mol. The van der Waals surface area contributed by atoms with Crippen LogP contribution in [0.5, 0.6) is 0 Å². The normalized spacial score (nSPS) is 17.8. The third-order valence-corrected chi connectivity index (χ3v) is 8.42. The first-order valence-corrected chi connectivity index (χ1v) is 14.5. The van der Waals surface area contributed by atoms with Crippen molar-refractivity contribution in [3.05, 3.63) is 72.6 Å². The number of fused-ring (bicyclic) bond motifs is 1. The summed E-state index contributed by atoms with van der Waals surface area (Å²) in [6.07, 6.45) is 1.96. The Kier molecular flexibility index (Phi) is 7.79. The van der Waals surface area contributed by atoms with Crippen LogP contribution in [0, 0.1) is 0 Å². The summed E-state index contributed by atoms with van der Waals surface area (Å²) in [5, 5.41) is 3.61. The van der Waals surface area contributed by atoms with Crippen molar-refractivity contribution in [3.63, 3.8) is 0 Å². The van der Waals surface area contributed by atoms with Crippen molar-refractivity contribution in [2.24, 2.45) is 0 Å². The van der Waals surface area contributed by atoms with Crippen molar-refractivity contribution in [1.82, 2.24) is 19.3 Å². The number of morpholine rings is 1. The summed E-state index contributed by atoms with van der Waals surface area (Å²) in [5.41, 5.74) is 3.13. The average Bonchev–Trinajstić information content (AvgIpc) is 2.92. The zero-order valence-electron chi connectivity index (χ0n) is 22.9. The summed E-state index contributed by atoms with van der Waals surface area (Å²) in [4.78, 5) is 29.2. The molecule has 1 aliphatic heterocycles. The average molecular weight is 561 g/mol. The summed E-state index contributed by atoms with van der Waals surface area (Å²) in [6.45, 7) is 5.68. The maximum atomic E-state index is 12.8. The topological polar surface area (TPSA) is 118 Å². The minimum absolute atomic E-state index is 0.00758. The van der Waals surface area contributed by atoms with Crippen molar-refractivity contribution in [1.29, 1.82) is 0 Å². The molecular weight excluding hydrogens is 528 g/mol. The Morgan fingerprint density at radius 2 is 1.73 bits per heavy atom. The van der Waals surface area contributed by atoms with E-state index in [2.05, 4.69) is 29.0 Å². The van der Waals surface area contributed by atoms with Crippen LogP contribution in [0.2, 0.25) is 0 Å². The summed E-state index contributed by atoms with van der Waals surface area (Å²) >= 11 is 0. The van der Waals surface area contributed by atoms with Gasteiger partial charge in [-0.3, -0.25) is 9.78 Å². The van der Waals surface area contributed by atoms with E-state index in [4.69, 9.17) is 14.7 Å². The highest BCUT2D eigenvalue weighted by Gasteiger charge is 2.23. The number of hydrogen-bond donors (Lipinski definition) is 1. The Labute approximate surface area is 234 Å². The number of amides is 1. The van der Waals surface area contributed by atoms with E-state index in [1.54, 1.807) is 24.4 Å². The zero-order chi connectivity index (χ0) is 28.4. The van der Waals surface area contributed by atoms with Crippen molar-refractivity contribution in [2.45, 2.75) is 37.4 Å². The fourth-order valence-corrected chi connectivity index (χ4v) is 5.67. The van der Waals surface area contributed by atoms with Crippen LogP contribution in [0.25, 0.3) is 22.3 Å². The fourth-order valence-electron chi connectivity index (χ4n) is 4.72. The van der Waals surface area contributed by atoms with Crippen LogP contribution in [0.3, 0.4) is 0 Å². The molecule has 208 valence electrons. The molecule has 0 saturated carbocycles. The standard InChI is InChI=1S/C29H32N6O4S/c1-19-17-35(18-20(2)39-19)28-10-6-9-25(33-28)26-12-11-21-16-30-23(14-27(21)32-26)15-29(36)31-22-7-5-8-24(13-22)40(37,38)34(3)4/h5-14,16,19-20H,15,17-18H2,1-4H3,(H,31,36)/t19-,20+. The van der Waals surface area contributed by atoms with Gasteiger partial charge in [-0.15, -0.1) is 0 Å². The van der Waals surface area contributed by atoms with Gasteiger partial charge in [-0.25, -0.2) is 22.7 Å². The number of anilines is 2. The molecule has 40 heavy (non-hydrogen) atoms. The first kappa shape index (κ1) is 27.6. The second-order valence-electron chi connectivity index (χ2n) is 10.1. The number of pyridine rings is 3. The van der Waals surface area contributed by atoms with E-state index in [1.807, 2.05) is 30.3 Å². The number of ether oxygens (including phenoxy) is 1. The number of carbonyl (C=O) groups excluding carboxylic acids is 1. The SMILES string of the molecule is C[C@@H]1CN(c2cccc(-c3ccc4cnc(CC(=O)Nc5cccc(S(=O)(=O)N(C)C)c5)cc4n3)n2)C[C@H](C)O1. The lowest BCUT2D eigenvalue weighted by molar-refractivity contribution is -0.115. The number of hydrogen-bond acceptors (Lipinski definition) is 8. The highest BCUT2D eigenvalue weighted by atomic mass is 32.2. The molecule has 1 amide bonds. The van der Waals surface area contributed by atoms with E-state index >= 15 is 0 Å². The van der Waals surface area contributed by atoms with Gasteiger partial charge in [-0.05, 0) is 62.4 Å². The lowest BCUT2D eigenvalue weighted by atomic mass is 10.1. The van der Waals surface area contributed by atoms with Gasteiger partial charge in [0.25, 0.3) is 0 Å². The molecule has 0 bridgehead atoms. The second kappa shape index (κ2) is 11.3. The minimum Gasteiger partial charge on any atom is -0.372 e. The summed E-state index contributed by atoms with van der Waals surface area (Å²) in [5.74, 6) is 0.571. The quantitative estimate of drug-likeness (QED) is 0.363. The van der Waals surface area contributed by atoms with E-state index in [1.165, 1.54) is 26.2 Å². The number of sulfonamides is 1. The van der Waals surface area contributed by atoms with Crippen LogP contribution in [0.4, 0.5) is 11.5 Å². The predicted octanol–water partition coefficient (Wildman–Crippen LogP) is 3.74. The summed E-state index contributed by atoms with van der Waals surface area (Å²) in [7, 11) is -0.689. The molecule has 1 aromatic carbocycles. The Morgan fingerprint density at radius 1 is 1.00 bits per heavy atom. The van der Waals surface area contributed by atoms with Crippen LogP contribution in [0.1, 0.15) is 19.5 Å². The van der Waals surface area contributed by atoms with Gasteiger partial charge in [0.2, 0.25) is 15.9 Å². The van der Waals surface area contributed by atoms with Crippen LogP contribution in [-0.2, 0) is 26.0 Å². The number of benzene rings is 1. The molecular formula is C29H32N6O4S. The molecule has 1 fully saturated rings. The third-order valence-electron chi connectivity index (χ3n) is 6.61. The van der Waals surface area contributed by atoms with Gasteiger partial charge < -0.3 is 15.0 Å². The van der Waals surface area contributed by atoms with Crippen LogP contribution >= 0.6 is 0 Å². The largest absolute Gasteiger partial charge is 0.372 e. The lowest BCUT2D eigenvalue weighted by Crippen LogP contribution is -2.45. The Balaban J connectivity index is 1.33. The number of nitrogens with zero attached hydrogens (tertiary/aromatic N) is 5. The molecule has 1 aliphatic rings. The van der Waals surface area contributed by atoms with Gasteiger partial charge in [0.15, 0.2) is 0 Å². The first-order chi connectivity index (χ1) is 19.1. The van der Waals surface area contributed by atoms with Crippen molar-refractivity contribution in [3.8, 4) is 11.4 Å². The molecule has 10 nitrogen and oxygen atoms in total. The second-order valence-corrected chi connectivity index (χ2v) is 12.3. The molecule has 0 radical (unpaired) electrons. The third kappa shape index (κ3) is 6.11. The van der Waals surface area contributed by atoms with E-state index < -0.39 is 10.0 Å². The summed E-state index contributed by atoms with van der Waals surface area (Å²) in [6, 6.07) is 17.7. The van der Waals surface area contributed by atoms with Crippen LogP contribution < -0.4 is 10.2 Å². The zero-order valence-corrected chi connectivity index (χ0v) is 23.7. The highest BCUT2D eigenvalue weighted by molar-refractivity contribution is 7.89. The smallest absolute Gasteiger partial charge is 0.242 e. The number of rotatable bonds is 7. The van der Waals surface area contributed by atoms with Crippen molar-refractivity contribution >= 4 is 38.3 Å². The molecule has 3 aromatic heterocycles. The highest BCUT2D eigenvalue weighted by Crippen LogP contribution is 2.24. The molecule has 0 aliphatic carbocycles. The maximum Gasteiger partial charge on any atom is 0.242 e. The number of carbonyl (C=O) groups is 1. The molecule has 5 rings (SSSR count). The Morgan fingerprint density at radius 3 is 2.48 bits per heavy atom. The molecule has 11 heteroatoms. The molecule has 1 saturated heterocycles. The van der Waals surface area contributed by atoms with E-state index in [0.717, 1.165) is 40.0 Å². The number of aromatic nitrogens is 3. The molecule has 0 unspecified atom stereocenters. The lowest BCUT2D eigenvalue weighted by Gasteiger charge is -2.36. The molecule has 2 atom stereocenters. The first-order valence-electron chi connectivity index (χ1n) is 13.0. The summed E-state index contributed by atoms with van der Waals surface area (Å²) < 4.78 is 31.8. The minimum atomic E-state index is -3.61. The van der Waals surface area contributed by atoms with Crippen LogP contribution in [0.15, 0.2) is 71.8 Å². The van der Waals surface area contributed by atoms with E-state index in [9.17, 15) is 13.2 Å². The van der Waals surface area contributed by atoms with Gasteiger partial charge >= 0.3 is 0 Å². The van der Waals surface area contributed by atoms with Gasteiger partial charge in [0, 0.05) is 44.5 Å². The van der Waals surface area contributed by atoms with Crippen molar-refractivity contribution < 1.29 is 17.9 Å². The van der Waals surface area contributed by atoms with E-state index in [0.29, 0.717) is 16.9 Å². The maximum absolute atomic E-state index is 12.8. The van der Waals surface area contributed by atoms with Gasteiger partial charge in [0.05, 0.1) is 46.1 Å². The fraction of sp³-hybridized carbons (Fsp3) is 0.310. The van der Waals surface area contributed by atoms with E-state index in [-0.39, 0.29) is 29.4 Å². The van der Waals surface area contributed by atoms with Gasteiger partial charge in [-0.2, -0.15) is 0 Å². The molecule has 4 aromatic rings. The molecule has 4 heterocycles. The Hall–Kier alpha value is -3.93.